The van der Waals surface area contributed by atoms with Crippen LogP contribution in [0.2, 0.25) is 0 Å². The average Bonchev–Trinajstić information content (AvgIpc) is 3.15. The van der Waals surface area contributed by atoms with E-state index in [1.807, 2.05) is 0 Å². The summed E-state index contributed by atoms with van der Waals surface area (Å²) < 4.78 is 5.14. The first-order valence-corrected chi connectivity index (χ1v) is 10.9. The summed E-state index contributed by atoms with van der Waals surface area (Å²) in [4.78, 5) is 48.3. The Hall–Kier alpha value is -3.60. The number of carbonyl (C=O) groups excluding carboxylic acids is 3. The Morgan fingerprint density at radius 3 is 2.50 bits per heavy atom. The Balaban J connectivity index is 1.71. The van der Waals surface area contributed by atoms with Gasteiger partial charge in [0.1, 0.15) is 5.00 Å². The lowest BCUT2D eigenvalue weighted by Gasteiger charge is -2.12. The summed E-state index contributed by atoms with van der Waals surface area (Å²) in [6.45, 7) is 3.49. The van der Waals surface area contributed by atoms with Crippen LogP contribution in [-0.2, 0) is 27.2 Å². The molecular formula is C21H22N4O6S. The number of benzene rings is 1. The molecule has 10 nitrogen and oxygen atoms in total. The van der Waals surface area contributed by atoms with E-state index in [2.05, 4.69) is 15.8 Å². The Morgan fingerprint density at radius 2 is 1.84 bits per heavy atom. The topological polar surface area (TPSA) is 140 Å². The number of non-ortho nitro benzene ring substituents is 1. The third-order valence-electron chi connectivity index (χ3n) is 4.91. The predicted octanol–water partition coefficient (Wildman–Crippen LogP) is 3.19. The highest BCUT2D eigenvalue weighted by Crippen LogP contribution is 2.38. The van der Waals surface area contributed by atoms with Crippen LogP contribution in [-0.4, -0.2) is 35.0 Å². The van der Waals surface area contributed by atoms with E-state index < -0.39 is 22.7 Å². The minimum atomic E-state index is -1.01. The lowest BCUT2D eigenvalue weighted by molar-refractivity contribution is -0.384. The highest BCUT2D eigenvalue weighted by Gasteiger charge is 2.28. The van der Waals surface area contributed by atoms with Crippen molar-refractivity contribution in [3.8, 4) is 0 Å². The van der Waals surface area contributed by atoms with E-state index in [0.717, 1.165) is 36.1 Å². The Morgan fingerprint density at radius 1 is 1.16 bits per heavy atom. The number of nitro groups is 1. The van der Waals surface area contributed by atoms with Crippen LogP contribution >= 0.6 is 11.3 Å². The smallest absolute Gasteiger partial charge is 0.341 e. The van der Waals surface area contributed by atoms with Crippen LogP contribution in [0.4, 0.5) is 10.7 Å². The van der Waals surface area contributed by atoms with Crippen molar-refractivity contribution in [2.24, 2.45) is 5.10 Å². The third kappa shape index (κ3) is 5.17. The van der Waals surface area contributed by atoms with E-state index in [0.29, 0.717) is 21.8 Å². The van der Waals surface area contributed by atoms with Gasteiger partial charge in [-0.1, -0.05) is 0 Å². The second-order valence-corrected chi connectivity index (χ2v) is 8.14. The highest BCUT2D eigenvalue weighted by molar-refractivity contribution is 7.17. The van der Waals surface area contributed by atoms with Gasteiger partial charge in [-0.3, -0.25) is 19.7 Å². The number of esters is 1. The van der Waals surface area contributed by atoms with Crippen molar-refractivity contribution < 1.29 is 24.0 Å². The van der Waals surface area contributed by atoms with E-state index in [4.69, 9.17) is 4.74 Å². The van der Waals surface area contributed by atoms with Crippen LogP contribution < -0.4 is 10.7 Å². The van der Waals surface area contributed by atoms with Crippen LogP contribution in [0.1, 0.15) is 53.1 Å². The second kappa shape index (κ2) is 10.1. The van der Waals surface area contributed by atoms with E-state index in [1.165, 1.54) is 35.6 Å². The molecule has 2 amide bonds. The number of hydrazone groups is 1. The van der Waals surface area contributed by atoms with Gasteiger partial charge in [-0.15, -0.1) is 11.3 Å². The largest absolute Gasteiger partial charge is 0.462 e. The number of carbonyl (C=O) groups is 3. The molecule has 2 aromatic rings. The number of rotatable bonds is 6. The maximum absolute atomic E-state index is 12.5. The number of amides is 2. The number of aryl methyl sites for hydroxylation is 1. The molecule has 0 saturated carbocycles. The molecule has 0 unspecified atom stereocenters. The van der Waals surface area contributed by atoms with Gasteiger partial charge in [-0.2, -0.15) is 5.10 Å². The minimum absolute atomic E-state index is 0.0685. The molecule has 0 aliphatic heterocycles. The third-order valence-corrected chi connectivity index (χ3v) is 6.11. The first-order valence-electron chi connectivity index (χ1n) is 10.0. The molecule has 0 atom stereocenters. The summed E-state index contributed by atoms with van der Waals surface area (Å²) in [5, 5.41) is 17.4. The monoisotopic (exact) mass is 458 g/mol. The molecule has 0 fully saturated rings. The van der Waals surface area contributed by atoms with Crippen molar-refractivity contribution in [3.05, 3.63) is 55.9 Å². The molecule has 0 spiro atoms. The molecule has 0 radical (unpaired) electrons. The molecule has 1 heterocycles. The number of hydrogen-bond donors (Lipinski definition) is 2. The molecular weight excluding hydrogens is 436 g/mol. The van der Waals surface area contributed by atoms with Crippen molar-refractivity contribution in [1.29, 1.82) is 0 Å². The summed E-state index contributed by atoms with van der Waals surface area (Å²) in [7, 11) is 0. The van der Waals surface area contributed by atoms with Crippen LogP contribution in [0.15, 0.2) is 29.4 Å². The van der Waals surface area contributed by atoms with Crippen LogP contribution in [0.3, 0.4) is 0 Å². The van der Waals surface area contributed by atoms with Crippen molar-refractivity contribution in [2.75, 3.05) is 11.9 Å². The number of nitrogens with one attached hydrogen (secondary N) is 2. The standard InChI is InChI=1S/C21H22N4O6S/c1-3-31-21(28)17-15-6-4-5-7-16(15)32-20(17)22-18(26)19(27)24-23-12(2)13-8-10-14(11-9-13)25(29)30/h8-11H,3-7H2,1-2H3,(H,22,26)(H,24,27). The van der Waals surface area contributed by atoms with E-state index in [-0.39, 0.29) is 12.3 Å². The zero-order valence-electron chi connectivity index (χ0n) is 17.6. The Labute approximate surface area is 187 Å². The number of ether oxygens (including phenoxy) is 1. The lowest BCUT2D eigenvalue weighted by atomic mass is 9.95. The summed E-state index contributed by atoms with van der Waals surface area (Å²) in [6, 6.07) is 5.62. The average molecular weight is 458 g/mol. The van der Waals surface area contributed by atoms with Crippen molar-refractivity contribution in [2.45, 2.75) is 39.5 Å². The summed E-state index contributed by atoms with van der Waals surface area (Å²) in [5.74, 6) is -2.49. The molecule has 0 bridgehead atoms. The van der Waals surface area contributed by atoms with Gasteiger partial charge in [0.2, 0.25) is 0 Å². The van der Waals surface area contributed by atoms with Gasteiger partial charge in [0.15, 0.2) is 0 Å². The van der Waals surface area contributed by atoms with Gasteiger partial charge in [-0.25, -0.2) is 10.2 Å². The molecule has 32 heavy (non-hydrogen) atoms. The molecule has 1 aromatic heterocycles. The van der Waals surface area contributed by atoms with Gasteiger partial charge in [-0.05, 0) is 62.8 Å². The van der Waals surface area contributed by atoms with Crippen molar-refractivity contribution in [3.63, 3.8) is 0 Å². The molecule has 1 aliphatic carbocycles. The normalized spacial score (nSPS) is 13.1. The minimum Gasteiger partial charge on any atom is -0.462 e. The number of nitro benzene ring substituents is 1. The molecule has 3 rings (SSSR count). The lowest BCUT2D eigenvalue weighted by Crippen LogP contribution is -2.33. The Kier molecular flexibility index (Phi) is 7.31. The highest BCUT2D eigenvalue weighted by atomic mass is 32.1. The first-order chi connectivity index (χ1) is 15.3. The van der Waals surface area contributed by atoms with Gasteiger partial charge >= 0.3 is 17.8 Å². The van der Waals surface area contributed by atoms with Crippen LogP contribution in [0.5, 0.6) is 0 Å². The molecule has 0 saturated heterocycles. The summed E-state index contributed by atoms with van der Waals surface area (Å²) in [5.41, 5.74) is 4.20. The van der Waals surface area contributed by atoms with Gasteiger partial charge < -0.3 is 10.1 Å². The molecule has 1 aromatic carbocycles. The van der Waals surface area contributed by atoms with Crippen molar-refractivity contribution in [1.82, 2.24) is 5.43 Å². The predicted molar refractivity (Wildman–Crippen MR) is 119 cm³/mol. The molecule has 1 aliphatic rings. The first kappa shape index (κ1) is 23.1. The van der Waals surface area contributed by atoms with Crippen molar-refractivity contribution >= 4 is 45.5 Å². The second-order valence-electron chi connectivity index (χ2n) is 7.03. The maximum atomic E-state index is 12.5. The molecule has 168 valence electrons. The zero-order chi connectivity index (χ0) is 23.3. The Bertz CT molecular complexity index is 1090. The number of nitrogens with zero attached hydrogens (tertiary/aromatic N) is 2. The van der Waals surface area contributed by atoms with E-state index in [1.54, 1.807) is 13.8 Å². The summed E-state index contributed by atoms with van der Waals surface area (Å²) in [6.07, 6.45) is 3.48. The fourth-order valence-corrected chi connectivity index (χ4v) is 4.58. The SMILES string of the molecule is CCOC(=O)c1c(NC(=O)C(=O)NN=C(C)c2ccc([N+](=O)[O-])cc2)sc2c1CCCC2. The van der Waals surface area contributed by atoms with Gasteiger partial charge in [0, 0.05) is 17.0 Å². The quantitative estimate of drug-likeness (QED) is 0.224. The maximum Gasteiger partial charge on any atom is 0.341 e. The fraction of sp³-hybridized carbons (Fsp3) is 0.333. The van der Waals surface area contributed by atoms with Gasteiger partial charge in [0.25, 0.3) is 5.69 Å². The number of fused-ring (bicyclic) bond motifs is 1. The number of anilines is 1. The van der Waals surface area contributed by atoms with E-state index in [9.17, 15) is 24.5 Å². The number of hydrogen-bond acceptors (Lipinski definition) is 8. The van der Waals surface area contributed by atoms with Crippen LogP contribution in [0.25, 0.3) is 0 Å². The summed E-state index contributed by atoms with van der Waals surface area (Å²) >= 11 is 1.28. The molecule has 2 N–H and O–H groups in total. The number of thiophene rings is 1. The zero-order valence-corrected chi connectivity index (χ0v) is 18.4. The fourth-order valence-electron chi connectivity index (χ4n) is 3.31. The van der Waals surface area contributed by atoms with Gasteiger partial charge in [0.05, 0.1) is 22.8 Å². The van der Waals surface area contributed by atoms with E-state index >= 15 is 0 Å². The van der Waals surface area contributed by atoms with Crippen LogP contribution in [0, 0.1) is 10.1 Å². The molecule has 11 heteroatoms.